The summed E-state index contributed by atoms with van der Waals surface area (Å²) in [5, 5.41) is 5.86. The molecule has 2 rings (SSSR count). The lowest BCUT2D eigenvalue weighted by Gasteiger charge is -2.32. The largest absolute Gasteiger partial charge is 0.343 e. The van der Waals surface area contributed by atoms with Gasteiger partial charge in [0.25, 0.3) is 5.91 Å². The van der Waals surface area contributed by atoms with Gasteiger partial charge in [-0.25, -0.2) is 0 Å². The minimum Gasteiger partial charge on any atom is -0.343 e. The molecule has 1 atom stereocenters. The van der Waals surface area contributed by atoms with Gasteiger partial charge < -0.3 is 15.5 Å². The fourth-order valence-corrected chi connectivity index (χ4v) is 2.71. The Morgan fingerprint density at radius 1 is 1.29 bits per heavy atom. The second kappa shape index (κ2) is 7.78. The number of nitrogens with zero attached hydrogens (tertiary/aromatic N) is 1. The molecule has 0 aromatic heterocycles. The fraction of sp³-hybridized carbons (Fsp3) is 0.500. The highest BCUT2D eigenvalue weighted by Crippen LogP contribution is 2.15. The van der Waals surface area contributed by atoms with Crippen molar-refractivity contribution in [3.8, 4) is 0 Å². The molecule has 1 aliphatic rings. The van der Waals surface area contributed by atoms with Crippen molar-refractivity contribution < 1.29 is 9.59 Å². The van der Waals surface area contributed by atoms with E-state index in [4.69, 9.17) is 0 Å². The Kier molecular flexibility index (Phi) is 5.75. The summed E-state index contributed by atoms with van der Waals surface area (Å²) in [6.45, 7) is 2.57. The highest BCUT2D eigenvalue weighted by Gasteiger charge is 2.23. The Morgan fingerprint density at radius 3 is 2.76 bits per heavy atom. The maximum absolute atomic E-state index is 12.2. The van der Waals surface area contributed by atoms with Crippen LogP contribution in [0.15, 0.2) is 30.3 Å². The Hall–Kier alpha value is -1.88. The molecule has 114 valence electrons. The third-order valence-corrected chi connectivity index (χ3v) is 3.80. The van der Waals surface area contributed by atoms with E-state index in [2.05, 4.69) is 10.6 Å². The van der Waals surface area contributed by atoms with Crippen LogP contribution in [0.25, 0.3) is 0 Å². The molecule has 0 saturated carbocycles. The topological polar surface area (TPSA) is 61.4 Å². The minimum absolute atomic E-state index is 0.0000779. The lowest BCUT2D eigenvalue weighted by molar-refractivity contribution is -0.131. The van der Waals surface area contributed by atoms with E-state index >= 15 is 0 Å². The van der Waals surface area contributed by atoms with Crippen LogP contribution in [0.5, 0.6) is 0 Å². The average Bonchev–Trinajstić information content (AvgIpc) is 2.53. The van der Waals surface area contributed by atoms with Crippen molar-refractivity contribution >= 4 is 11.8 Å². The number of benzene rings is 1. The van der Waals surface area contributed by atoms with E-state index in [0.717, 1.165) is 32.5 Å². The molecule has 1 aliphatic heterocycles. The van der Waals surface area contributed by atoms with Crippen LogP contribution in [-0.2, 0) is 4.79 Å². The lowest BCUT2D eigenvalue weighted by atomic mass is 9.98. The second-order valence-corrected chi connectivity index (χ2v) is 5.45. The number of amides is 2. The maximum atomic E-state index is 12.2. The average molecular weight is 289 g/mol. The number of rotatable bonds is 5. The maximum Gasteiger partial charge on any atom is 0.251 e. The number of carbonyl (C=O) groups is 2. The third-order valence-electron chi connectivity index (χ3n) is 3.80. The van der Waals surface area contributed by atoms with Gasteiger partial charge in [-0.1, -0.05) is 18.2 Å². The van der Waals surface area contributed by atoms with E-state index < -0.39 is 0 Å². The van der Waals surface area contributed by atoms with Gasteiger partial charge in [0.1, 0.15) is 0 Å². The number of carbonyl (C=O) groups excluding carboxylic acids is 2. The van der Waals surface area contributed by atoms with Crippen molar-refractivity contribution in [2.45, 2.75) is 12.8 Å². The van der Waals surface area contributed by atoms with Crippen molar-refractivity contribution in [2.75, 3.05) is 33.2 Å². The van der Waals surface area contributed by atoms with E-state index in [1.165, 1.54) is 0 Å². The van der Waals surface area contributed by atoms with E-state index in [1.807, 2.05) is 30.1 Å². The Labute approximate surface area is 125 Å². The summed E-state index contributed by atoms with van der Waals surface area (Å²) >= 11 is 0. The summed E-state index contributed by atoms with van der Waals surface area (Å²) in [6.07, 6.45) is 2.19. The van der Waals surface area contributed by atoms with Gasteiger partial charge in [-0.3, -0.25) is 9.59 Å². The second-order valence-electron chi connectivity index (χ2n) is 5.45. The van der Waals surface area contributed by atoms with Crippen LogP contribution in [-0.4, -0.2) is 49.9 Å². The van der Waals surface area contributed by atoms with E-state index in [9.17, 15) is 9.59 Å². The van der Waals surface area contributed by atoms with Gasteiger partial charge in [0.2, 0.25) is 5.91 Å². The molecule has 5 heteroatoms. The quantitative estimate of drug-likeness (QED) is 0.846. The van der Waals surface area contributed by atoms with Crippen molar-refractivity contribution in [1.82, 2.24) is 15.5 Å². The molecule has 21 heavy (non-hydrogen) atoms. The van der Waals surface area contributed by atoms with Gasteiger partial charge in [-0.2, -0.15) is 0 Å². The predicted molar refractivity (Wildman–Crippen MR) is 82.0 cm³/mol. The number of piperidine rings is 1. The van der Waals surface area contributed by atoms with Crippen molar-refractivity contribution in [3.63, 3.8) is 0 Å². The zero-order valence-corrected chi connectivity index (χ0v) is 12.5. The van der Waals surface area contributed by atoms with Gasteiger partial charge in [-0.15, -0.1) is 0 Å². The molecule has 1 aromatic rings. The van der Waals surface area contributed by atoms with Crippen LogP contribution in [0.4, 0.5) is 0 Å². The van der Waals surface area contributed by atoms with Gasteiger partial charge in [0.15, 0.2) is 0 Å². The number of hydrogen-bond donors (Lipinski definition) is 2. The standard InChI is InChI=1S/C16H23N3O2/c1-17-10-13-6-5-9-19(12-13)15(20)11-18-16(21)14-7-3-2-4-8-14/h2-4,7-8,13,17H,5-6,9-12H2,1H3,(H,18,21). The van der Waals surface area contributed by atoms with Crippen LogP contribution in [0, 0.1) is 5.92 Å². The van der Waals surface area contributed by atoms with Crippen molar-refractivity contribution in [3.05, 3.63) is 35.9 Å². The van der Waals surface area contributed by atoms with Crippen LogP contribution >= 0.6 is 0 Å². The number of nitrogens with one attached hydrogen (secondary N) is 2. The summed E-state index contributed by atoms with van der Waals surface area (Å²) in [5.41, 5.74) is 0.581. The first-order valence-corrected chi connectivity index (χ1v) is 7.46. The number of hydrogen-bond acceptors (Lipinski definition) is 3. The number of likely N-dealkylation sites (tertiary alicyclic amines) is 1. The van der Waals surface area contributed by atoms with E-state index in [-0.39, 0.29) is 18.4 Å². The zero-order valence-electron chi connectivity index (χ0n) is 12.5. The Balaban J connectivity index is 1.80. The summed E-state index contributed by atoms with van der Waals surface area (Å²) in [5.74, 6) is 0.311. The molecule has 2 N–H and O–H groups in total. The van der Waals surface area contributed by atoms with Crippen LogP contribution in [0.1, 0.15) is 23.2 Å². The summed E-state index contributed by atoms with van der Waals surface area (Å²) in [4.78, 5) is 25.9. The van der Waals surface area contributed by atoms with Gasteiger partial charge in [-0.05, 0) is 44.5 Å². The minimum atomic E-state index is -0.201. The highest BCUT2D eigenvalue weighted by molar-refractivity contribution is 5.96. The van der Waals surface area contributed by atoms with Gasteiger partial charge in [0, 0.05) is 18.7 Å². The molecule has 1 unspecified atom stereocenters. The summed E-state index contributed by atoms with van der Waals surface area (Å²) in [6, 6.07) is 8.96. The molecule has 1 fully saturated rings. The first-order valence-electron chi connectivity index (χ1n) is 7.46. The SMILES string of the molecule is CNCC1CCCN(C(=O)CNC(=O)c2ccccc2)C1. The monoisotopic (exact) mass is 289 g/mol. The predicted octanol–water partition coefficient (Wildman–Crippen LogP) is 0.874. The molecule has 0 spiro atoms. The third kappa shape index (κ3) is 4.56. The van der Waals surface area contributed by atoms with Gasteiger partial charge in [0.05, 0.1) is 6.54 Å². The smallest absolute Gasteiger partial charge is 0.251 e. The molecule has 5 nitrogen and oxygen atoms in total. The first-order chi connectivity index (χ1) is 10.2. The molecular formula is C16H23N3O2. The fourth-order valence-electron chi connectivity index (χ4n) is 2.71. The normalized spacial score (nSPS) is 18.3. The lowest BCUT2D eigenvalue weighted by Crippen LogP contribution is -2.46. The summed E-state index contributed by atoms with van der Waals surface area (Å²) < 4.78 is 0. The Morgan fingerprint density at radius 2 is 2.05 bits per heavy atom. The summed E-state index contributed by atoms with van der Waals surface area (Å²) in [7, 11) is 1.93. The molecule has 1 saturated heterocycles. The molecule has 2 amide bonds. The van der Waals surface area contributed by atoms with Crippen molar-refractivity contribution in [1.29, 1.82) is 0 Å². The van der Waals surface area contributed by atoms with E-state index in [1.54, 1.807) is 12.1 Å². The van der Waals surface area contributed by atoms with Crippen LogP contribution < -0.4 is 10.6 Å². The molecule has 1 aromatic carbocycles. The van der Waals surface area contributed by atoms with E-state index in [0.29, 0.717) is 11.5 Å². The molecule has 0 aliphatic carbocycles. The molecule has 0 bridgehead atoms. The Bertz CT molecular complexity index is 474. The van der Waals surface area contributed by atoms with Crippen LogP contribution in [0.3, 0.4) is 0 Å². The molecule has 0 radical (unpaired) electrons. The first kappa shape index (κ1) is 15.5. The highest BCUT2D eigenvalue weighted by atomic mass is 16.2. The molecule has 1 heterocycles. The van der Waals surface area contributed by atoms with Crippen molar-refractivity contribution in [2.24, 2.45) is 5.92 Å². The molecular weight excluding hydrogens is 266 g/mol. The van der Waals surface area contributed by atoms with Crippen LogP contribution in [0.2, 0.25) is 0 Å². The zero-order chi connectivity index (χ0) is 15.1. The van der Waals surface area contributed by atoms with Gasteiger partial charge >= 0.3 is 0 Å².